The standard InChI is InChI=1S/C17H18N2O5/c1-11-13-9-12(22-3)5-6-14(13)24-16(11)17(21)23-10-15(20)19(2)8-4-7-18/h5-6,9H,4,8,10H2,1-3H3. The lowest BCUT2D eigenvalue weighted by Gasteiger charge is -2.14. The third kappa shape index (κ3) is 3.66. The van der Waals surface area contributed by atoms with Gasteiger partial charge in [-0.1, -0.05) is 0 Å². The minimum Gasteiger partial charge on any atom is -0.497 e. The van der Waals surface area contributed by atoms with E-state index in [0.29, 0.717) is 16.9 Å². The molecule has 0 saturated carbocycles. The Hall–Kier alpha value is -3.01. The number of carbonyl (C=O) groups is 2. The third-order valence-corrected chi connectivity index (χ3v) is 3.64. The van der Waals surface area contributed by atoms with E-state index in [4.69, 9.17) is 19.2 Å². The Morgan fingerprint density at radius 1 is 1.38 bits per heavy atom. The van der Waals surface area contributed by atoms with Crippen LogP contribution in [0.15, 0.2) is 22.6 Å². The number of amides is 1. The summed E-state index contributed by atoms with van der Waals surface area (Å²) in [5.41, 5.74) is 1.16. The van der Waals surface area contributed by atoms with E-state index in [1.54, 1.807) is 39.3 Å². The largest absolute Gasteiger partial charge is 0.497 e. The van der Waals surface area contributed by atoms with Crippen molar-refractivity contribution in [1.29, 1.82) is 5.26 Å². The molecule has 0 unspecified atom stereocenters. The van der Waals surface area contributed by atoms with E-state index in [2.05, 4.69) is 0 Å². The van der Waals surface area contributed by atoms with Crippen molar-refractivity contribution in [1.82, 2.24) is 4.90 Å². The maximum Gasteiger partial charge on any atom is 0.375 e. The highest BCUT2D eigenvalue weighted by Gasteiger charge is 2.21. The number of fused-ring (bicyclic) bond motifs is 1. The Balaban J connectivity index is 2.07. The minimum atomic E-state index is -0.704. The monoisotopic (exact) mass is 330 g/mol. The molecule has 24 heavy (non-hydrogen) atoms. The van der Waals surface area contributed by atoms with Crippen LogP contribution in [0.5, 0.6) is 5.75 Å². The summed E-state index contributed by atoms with van der Waals surface area (Å²) in [5.74, 6) is -0.370. The van der Waals surface area contributed by atoms with Crippen LogP contribution < -0.4 is 4.74 Å². The summed E-state index contributed by atoms with van der Waals surface area (Å²) in [6, 6.07) is 7.16. The molecule has 7 heteroatoms. The summed E-state index contributed by atoms with van der Waals surface area (Å²) in [6.45, 7) is 1.62. The molecule has 0 fully saturated rings. The summed E-state index contributed by atoms with van der Waals surface area (Å²) >= 11 is 0. The molecule has 0 atom stereocenters. The lowest BCUT2D eigenvalue weighted by molar-refractivity contribution is -0.133. The average Bonchev–Trinajstić information content (AvgIpc) is 2.93. The van der Waals surface area contributed by atoms with Crippen LogP contribution in [0.3, 0.4) is 0 Å². The molecular formula is C17H18N2O5. The number of likely N-dealkylation sites (N-methyl/N-ethyl adjacent to an activating group) is 1. The Labute approximate surface area is 139 Å². The van der Waals surface area contributed by atoms with E-state index in [1.165, 1.54) is 4.90 Å². The van der Waals surface area contributed by atoms with Gasteiger partial charge in [-0.2, -0.15) is 5.26 Å². The zero-order valence-electron chi connectivity index (χ0n) is 13.8. The predicted octanol–water partition coefficient (Wildman–Crippen LogP) is 2.28. The van der Waals surface area contributed by atoms with Crippen LogP contribution in [0, 0.1) is 18.3 Å². The van der Waals surface area contributed by atoms with Gasteiger partial charge in [0.2, 0.25) is 5.76 Å². The number of rotatable bonds is 6. The Morgan fingerprint density at radius 2 is 2.12 bits per heavy atom. The molecule has 1 aromatic heterocycles. The summed E-state index contributed by atoms with van der Waals surface area (Å²) in [5, 5.41) is 9.25. The highest BCUT2D eigenvalue weighted by atomic mass is 16.5. The Bertz CT molecular complexity index is 803. The van der Waals surface area contributed by atoms with Crippen molar-refractivity contribution < 1.29 is 23.5 Å². The zero-order valence-corrected chi connectivity index (χ0v) is 13.8. The smallest absolute Gasteiger partial charge is 0.375 e. The maximum absolute atomic E-state index is 12.2. The van der Waals surface area contributed by atoms with Gasteiger partial charge in [-0.25, -0.2) is 4.79 Å². The molecule has 1 heterocycles. The molecule has 0 aliphatic heterocycles. The van der Waals surface area contributed by atoms with Crippen LogP contribution >= 0.6 is 0 Å². The van der Waals surface area contributed by atoms with Crippen LogP contribution in [0.1, 0.15) is 22.5 Å². The van der Waals surface area contributed by atoms with Gasteiger partial charge in [-0.15, -0.1) is 0 Å². The van der Waals surface area contributed by atoms with Gasteiger partial charge in [0.25, 0.3) is 5.91 Å². The molecule has 7 nitrogen and oxygen atoms in total. The van der Waals surface area contributed by atoms with Gasteiger partial charge in [0, 0.05) is 24.5 Å². The first kappa shape index (κ1) is 17.3. The van der Waals surface area contributed by atoms with E-state index < -0.39 is 12.6 Å². The minimum absolute atomic E-state index is 0.0609. The highest BCUT2D eigenvalue weighted by molar-refractivity contribution is 5.97. The zero-order chi connectivity index (χ0) is 17.7. The molecule has 1 aromatic carbocycles. The molecule has 0 N–H and O–H groups in total. The van der Waals surface area contributed by atoms with E-state index in [0.717, 1.165) is 5.39 Å². The highest BCUT2D eigenvalue weighted by Crippen LogP contribution is 2.29. The summed E-state index contributed by atoms with van der Waals surface area (Å²) in [6.07, 6.45) is 0.223. The number of methoxy groups -OCH3 is 1. The van der Waals surface area contributed by atoms with Crippen molar-refractivity contribution in [2.45, 2.75) is 13.3 Å². The molecule has 126 valence electrons. The predicted molar refractivity (Wildman–Crippen MR) is 85.7 cm³/mol. The second kappa shape index (κ2) is 7.51. The maximum atomic E-state index is 12.2. The third-order valence-electron chi connectivity index (χ3n) is 3.64. The van der Waals surface area contributed by atoms with Crippen molar-refractivity contribution in [3.05, 3.63) is 29.5 Å². The molecule has 0 bridgehead atoms. The molecule has 0 aliphatic rings. The average molecular weight is 330 g/mol. The first-order chi connectivity index (χ1) is 11.5. The fraction of sp³-hybridized carbons (Fsp3) is 0.353. The van der Waals surface area contributed by atoms with E-state index >= 15 is 0 Å². The summed E-state index contributed by atoms with van der Waals surface area (Å²) < 4.78 is 15.7. The molecule has 0 radical (unpaired) electrons. The van der Waals surface area contributed by atoms with Crippen molar-refractivity contribution in [2.24, 2.45) is 0 Å². The molecule has 2 rings (SSSR count). The number of aryl methyl sites for hydroxylation is 1. The van der Waals surface area contributed by atoms with E-state index in [9.17, 15) is 9.59 Å². The first-order valence-electron chi connectivity index (χ1n) is 7.33. The molecule has 1 amide bonds. The number of ether oxygens (including phenoxy) is 2. The molecule has 0 saturated heterocycles. The number of nitriles is 1. The van der Waals surface area contributed by atoms with Crippen molar-refractivity contribution >= 4 is 22.8 Å². The fourth-order valence-corrected chi connectivity index (χ4v) is 2.17. The van der Waals surface area contributed by atoms with Crippen LogP contribution in [0.25, 0.3) is 11.0 Å². The van der Waals surface area contributed by atoms with Gasteiger partial charge >= 0.3 is 5.97 Å². The number of esters is 1. The number of nitrogens with zero attached hydrogens (tertiary/aromatic N) is 2. The van der Waals surface area contributed by atoms with Gasteiger partial charge in [-0.3, -0.25) is 4.79 Å². The Kier molecular flexibility index (Phi) is 5.42. The van der Waals surface area contributed by atoms with Crippen LogP contribution in [0.4, 0.5) is 0 Å². The lowest BCUT2D eigenvalue weighted by Crippen LogP contribution is -2.31. The van der Waals surface area contributed by atoms with E-state index in [1.807, 2.05) is 6.07 Å². The van der Waals surface area contributed by atoms with Crippen molar-refractivity contribution in [3.8, 4) is 11.8 Å². The van der Waals surface area contributed by atoms with Gasteiger partial charge in [0.15, 0.2) is 6.61 Å². The molecule has 0 aliphatic carbocycles. The van der Waals surface area contributed by atoms with Gasteiger partial charge in [0.1, 0.15) is 11.3 Å². The van der Waals surface area contributed by atoms with Gasteiger partial charge < -0.3 is 18.8 Å². The fourth-order valence-electron chi connectivity index (χ4n) is 2.17. The van der Waals surface area contributed by atoms with Crippen LogP contribution in [0.2, 0.25) is 0 Å². The number of carbonyl (C=O) groups excluding carboxylic acids is 2. The van der Waals surface area contributed by atoms with Crippen molar-refractivity contribution in [3.63, 3.8) is 0 Å². The number of benzene rings is 1. The lowest BCUT2D eigenvalue weighted by atomic mass is 10.1. The first-order valence-corrected chi connectivity index (χ1v) is 7.33. The molecule has 2 aromatic rings. The van der Waals surface area contributed by atoms with Gasteiger partial charge in [0.05, 0.1) is 19.6 Å². The quantitative estimate of drug-likeness (QED) is 0.754. The van der Waals surface area contributed by atoms with Crippen molar-refractivity contribution in [2.75, 3.05) is 27.3 Å². The Morgan fingerprint density at radius 3 is 2.79 bits per heavy atom. The second-order valence-corrected chi connectivity index (χ2v) is 5.22. The summed E-state index contributed by atoms with van der Waals surface area (Å²) in [4.78, 5) is 25.3. The van der Waals surface area contributed by atoms with E-state index in [-0.39, 0.29) is 24.6 Å². The SMILES string of the molecule is COc1ccc2oc(C(=O)OCC(=O)N(C)CCC#N)c(C)c2c1. The second-order valence-electron chi connectivity index (χ2n) is 5.22. The molecule has 0 spiro atoms. The number of hydrogen-bond acceptors (Lipinski definition) is 6. The van der Waals surface area contributed by atoms with Crippen LogP contribution in [-0.2, 0) is 9.53 Å². The van der Waals surface area contributed by atoms with Crippen LogP contribution in [-0.4, -0.2) is 44.1 Å². The normalized spacial score (nSPS) is 10.2. The topological polar surface area (TPSA) is 92.8 Å². The summed E-state index contributed by atoms with van der Waals surface area (Å²) in [7, 11) is 3.10. The number of hydrogen-bond donors (Lipinski definition) is 0. The molecular weight excluding hydrogens is 312 g/mol. The van der Waals surface area contributed by atoms with Gasteiger partial charge in [-0.05, 0) is 25.1 Å². The number of furan rings is 1.